The van der Waals surface area contributed by atoms with Crippen molar-refractivity contribution in [3.05, 3.63) is 173 Å². The van der Waals surface area contributed by atoms with Gasteiger partial charge in [-0.25, -0.2) is 0 Å². The van der Waals surface area contributed by atoms with Gasteiger partial charge in [0.25, 0.3) is 5.91 Å². The number of nitrogens with zero attached hydrogens (tertiary/aromatic N) is 2. The maximum Gasteiger partial charge on any atom is 0.253 e. The average Bonchev–Trinajstić information content (AvgIpc) is 3.13. The highest BCUT2D eigenvalue weighted by atomic mass is 16.7. The first-order valence-corrected chi connectivity index (χ1v) is 16.1. The van der Waals surface area contributed by atoms with E-state index < -0.39 is 6.29 Å². The molecule has 0 saturated carbocycles. The fourth-order valence-corrected chi connectivity index (χ4v) is 6.02. The molecule has 6 rings (SSSR count). The van der Waals surface area contributed by atoms with Gasteiger partial charge in [0.1, 0.15) is 0 Å². The van der Waals surface area contributed by atoms with Crippen LogP contribution < -0.4 is 5.32 Å². The summed E-state index contributed by atoms with van der Waals surface area (Å²) in [6.07, 6.45) is 2.30. The number of hydrogen-bond acceptors (Lipinski definition) is 6. The molecular weight excluding hydrogens is 586 g/mol. The standard InChI is InChI=1S/C40H41N3O4/c1-29-37(27-43(25-31-9-4-2-5-10-31)26-32-11-6-3-7-12-32)46-40(47-38(29)34-18-16-33(28-44)17-19-34)35-20-14-30(15-21-35)23-42-39(45)36-13-8-22-41-24-36/h2-22,24,29,37-38,40,44H,23,25-28H2,1H3,(H,42,45)/t29-,37+,38+,40+/m1/s1. The number of aliphatic hydroxyl groups excluding tert-OH is 1. The molecule has 1 saturated heterocycles. The van der Waals surface area contributed by atoms with Crippen molar-refractivity contribution >= 4 is 5.91 Å². The quantitative estimate of drug-likeness (QED) is 0.155. The summed E-state index contributed by atoms with van der Waals surface area (Å²) in [5.41, 5.74) is 6.84. The second-order valence-electron chi connectivity index (χ2n) is 12.1. The Morgan fingerprint density at radius 3 is 1.96 bits per heavy atom. The van der Waals surface area contributed by atoms with Crippen LogP contribution in [0.3, 0.4) is 0 Å². The molecule has 2 N–H and O–H groups in total. The molecule has 1 fully saturated rings. The van der Waals surface area contributed by atoms with E-state index in [1.165, 1.54) is 11.1 Å². The second-order valence-corrected chi connectivity index (χ2v) is 12.1. The number of benzene rings is 4. The van der Waals surface area contributed by atoms with E-state index in [4.69, 9.17) is 9.47 Å². The zero-order valence-corrected chi connectivity index (χ0v) is 26.6. The van der Waals surface area contributed by atoms with Gasteiger partial charge in [0.2, 0.25) is 0 Å². The van der Waals surface area contributed by atoms with Crippen LogP contribution in [0.4, 0.5) is 0 Å². The summed E-state index contributed by atoms with van der Waals surface area (Å²) in [4.78, 5) is 19.0. The van der Waals surface area contributed by atoms with Crippen LogP contribution in [-0.4, -0.2) is 33.5 Å². The van der Waals surface area contributed by atoms with Gasteiger partial charge in [-0.3, -0.25) is 14.7 Å². The molecule has 1 aromatic heterocycles. The third-order valence-electron chi connectivity index (χ3n) is 8.69. The van der Waals surface area contributed by atoms with Gasteiger partial charge in [-0.1, -0.05) is 116 Å². The molecule has 0 spiro atoms. The Balaban J connectivity index is 1.22. The normalized spacial score (nSPS) is 19.4. The van der Waals surface area contributed by atoms with E-state index in [1.807, 2.05) is 60.7 Å². The SMILES string of the molecule is C[C@@H]1[C@H](CN(Cc2ccccc2)Cc2ccccc2)O[C@H](c2ccc(CNC(=O)c3cccnc3)cc2)O[C@@H]1c1ccc(CO)cc1. The Bertz CT molecular complexity index is 1640. The van der Waals surface area contributed by atoms with E-state index in [0.29, 0.717) is 18.7 Å². The fourth-order valence-electron chi connectivity index (χ4n) is 6.02. The van der Waals surface area contributed by atoms with Crippen LogP contribution in [0.25, 0.3) is 0 Å². The summed E-state index contributed by atoms with van der Waals surface area (Å²) in [5.74, 6) is -0.106. The van der Waals surface area contributed by atoms with Gasteiger partial charge in [0, 0.05) is 50.1 Å². The summed E-state index contributed by atoms with van der Waals surface area (Å²) in [6, 6.07) is 40.6. The first-order chi connectivity index (χ1) is 23.1. The molecule has 7 heteroatoms. The van der Waals surface area contributed by atoms with Gasteiger partial charge in [0.05, 0.1) is 24.4 Å². The van der Waals surface area contributed by atoms with Crippen LogP contribution in [-0.2, 0) is 35.7 Å². The minimum atomic E-state index is -0.576. The maximum atomic E-state index is 12.5. The number of carbonyl (C=O) groups excluding carboxylic acids is 1. The minimum absolute atomic E-state index is 0.00130. The van der Waals surface area contributed by atoms with Gasteiger partial charge in [-0.05, 0) is 39.9 Å². The molecule has 47 heavy (non-hydrogen) atoms. The van der Waals surface area contributed by atoms with E-state index in [2.05, 4.69) is 70.7 Å². The predicted molar refractivity (Wildman–Crippen MR) is 182 cm³/mol. The lowest BCUT2D eigenvalue weighted by atomic mass is 9.89. The van der Waals surface area contributed by atoms with E-state index >= 15 is 0 Å². The number of nitrogens with one attached hydrogen (secondary N) is 1. The molecule has 0 bridgehead atoms. The summed E-state index contributed by atoms with van der Waals surface area (Å²) >= 11 is 0. The molecule has 2 heterocycles. The molecule has 0 unspecified atom stereocenters. The van der Waals surface area contributed by atoms with Crippen LogP contribution in [0.15, 0.2) is 134 Å². The number of hydrogen-bond donors (Lipinski definition) is 2. The molecular formula is C40H41N3O4. The van der Waals surface area contributed by atoms with E-state index in [9.17, 15) is 9.90 Å². The minimum Gasteiger partial charge on any atom is -0.392 e. The van der Waals surface area contributed by atoms with Crippen LogP contribution in [0.1, 0.15) is 63.1 Å². The van der Waals surface area contributed by atoms with Crippen molar-refractivity contribution in [2.75, 3.05) is 6.54 Å². The molecule has 1 aliphatic rings. The van der Waals surface area contributed by atoms with Gasteiger partial charge in [-0.2, -0.15) is 0 Å². The van der Waals surface area contributed by atoms with Gasteiger partial charge in [0.15, 0.2) is 6.29 Å². The number of ether oxygens (including phenoxy) is 2. The van der Waals surface area contributed by atoms with Crippen molar-refractivity contribution in [2.45, 2.75) is 51.7 Å². The lowest BCUT2D eigenvalue weighted by Crippen LogP contribution is -2.44. The van der Waals surface area contributed by atoms with Gasteiger partial charge in [-0.15, -0.1) is 0 Å². The summed E-state index contributed by atoms with van der Waals surface area (Å²) < 4.78 is 13.5. The van der Waals surface area contributed by atoms with E-state index in [-0.39, 0.29) is 30.6 Å². The molecule has 4 aromatic carbocycles. The van der Waals surface area contributed by atoms with Crippen LogP contribution in [0, 0.1) is 5.92 Å². The number of pyridine rings is 1. The molecule has 240 valence electrons. The largest absolute Gasteiger partial charge is 0.392 e. The lowest BCUT2D eigenvalue weighted by molar-refractivity contribution is -0.276. The van der Waals surface area contributed by atoms with Crippen molar-refractivity contribution in [2.24, 2.45) is 5.92 Å². The van der Waals surface area contributed by atoms with Crippen molar-refractivity contribution in [1.82, 2.24) is 15.2 Å². The molecule has 1 amide bonds. The van der Waals surface area contributed by atoms with E-state index in [1.54, 1.807) is 24.5 Å². The Morgan fingerprint density at radius 1 is 0.745 bits per heavy atom. The van der Waals surface area contributed by atoms with Gasteiger partial charge < -0.3 is 19.9 Å². The van der Waals surface area contributed by atoms with Crippen molar-refractivity contribution in [1.29, 1.82) is 0 Å². The highest BCUT2D eigenvalue weighted by Crippen LogP contribution is 2.42. The number of rotatable bonds is 12. The molecule has 0 radical (unpaired) electrons. The smallest absolute Gasteiger partial charge is 0.253 e. The Kier molecular flexibility index (Phi) is 10.8. The third kappa shape index (κ3) is 8.58. The zero-order chi connectivity index (χ0) is 32.4. The summed E-state index contributed by atoms with van der Waals surface area (Å²) in [7, 11) is 0. The summed E-state index contributed by atoms with van der Waals surface area (Å²) in [6.45, 7) is 4.90. The number of aromatic nitrogens is 1. The lowest BCUT2D eigenvalue weighted by Gasteiger charge is -2.43. The zero-order valence-electron chi connectivity index (χ0n) is 26.6. The monoisotopic (exact) mass is 627 g/mol. The van der Waals surface area contributed by atoms with Crippen molar-refractivity contribution in [3.63, 3.8) is 0 Å². The van der Waals surface area contributed by atoms with Crippen LogP contribution >= 0.6 is 0 Å². The Hall–Kier alpha value is -4.66. The fraction of sp³-hybridized carbons (Fsp3) is 0.250. The molecule has 7 nitrogen and oxygen atoms in total. The molecule has 0 aliphatic carbocycles. The third-order valence-corrected chi connectivity index (χ3v) is 8.69. The van der Waals surface area contributed by atoms with Gasteiger partial charge >= 0.3 is 0 Å². The number of carbonyl (C=O) groups is 1. The first-order valence-electron chi connectivity index (χ1n) is 16.1. The highest BCUT2D eigenvalue weighted by molar-refractivity contribution is 5.93. The number of amides is 1. The van der Waals surface area contributed by atoms with Crippen molar-refractivity contribution < 1.29 is 19.4 Å². The van der Waals surface area contributed by atoms with Crippen LogP contribution in [0.5, 0.6) is 0 Å². The molecule has 5 aromatic rings. The Labute approximate surface area is 276 Å². The van der Waals surface area contributed by atoms with Crippen LogP contribution in [0.2, 0.25) is 0 Å². The molecule has 1 aliphatic heterocycles. The van der Waals surface area contributed by atoms with Crippen molar-refractivity contribution in [3.8, 4) is 0 Å². The first kappa shape index (κ1) is 32.3. The maximum absolute atomic E-state index is 12.5. The average molecular weight is 628 g/mol. The topological polar surface area (TPSA) is 83.9 Å². The van der Waals surface area contributed by atoms with E-state index in [0.717, 1.165) is 35.3 Å². The Morgan fingerprint density at radius 2 is 1.36 bits per heavy atom. The number of aliphatic hydroxyl groups is 1. The second kappa shape index (κ2) is 15.8. The molecule has 4 atom stereocenters. The summed E-state index contributed by atoms with van der Waals surface area (Å²) in [5, 5.41) is 12.6. The highest BCUT2D eigenvalue weighted by Gasteiger charge is 2.39. The predicted octanol–water partition coefficient (Wildman–Crippen LogP) is 7.00.